The minimum absolute atomic E-state index is 0.0546. The standard InChI is InChI=1S/C13H21NO/c1-4-5-9-13(15)12-8-6-7-11(12)10-14(2)3/h6-8,12H,4-5,9-10H2,1-3H3. The minimum Gasteiger partial charge on any atom is -0.305 e. The van der Waals surface area contributed by atoms with E-state index in [-0.39, 0.29) is 5.92 Å². The van der Waals surface area contributed by atoms with E-state index in [0.717, 1.165) is 25.8 Å². The van der Waals surface area contributed by atoms with E-state index in [1.807, 2.05) is 26.2 Å². The van der Waals surface area contributed by atoms with Gasteiger partial charge in [0.05, 0.1) is 5.92 Å². The molecule has 0 bridgehead atoms. The summed E-state index contributed by atoms with van der Waals surface area (Å²) >= 11 is 0. The van der Waals surface area contributed by atoms with Gasteiger partial charge in [0.15, 0.2) is 0 Å². The van der Waals surface area contributed by atoms with E-state index in [9.17, 15) is 4.79 Å². The van der Waals surface area contributed by atoms with Gasteiger partial charge in [-0.05, 0) is 26.1 Å². The van der Waals surface area contributed by atoms with E-state index in [4.69, 9.17) is 0 Å². The fourth-order valence-electron chi connectivity index (χ4n) is 1.85. The maximum atomic E-state index is 11.9. The van der Waals surface area contributed by atoms with Gasteiger partial charge in [0, 0.05) is 13.0 Å². The zero-order chi connectivity index (χ0) is 11.3. The molecular formula is C13H21NO. The van der Waals surface area contributed by atoms with Crippen molar-refractivity contribution < 1.29 is 4.79 Å². The Morgan fingerprint density at radius 3 is 2.80 bits per heavy atom. The molecular weight excluding hydrogens is 186 g/mol. The van der Waals surface area contributed by atoms with Crippen LogP contribution in [0, 0.1) is 5.92 Å². The van der Waals surface area contributed by atoms with Crippen molar-refractivity contribution in [2.75, 3.05) is 20.6 Å². The second-order valence-corrected chi connectivity index (χ2v) is 4.41. The number of hydrogen-bond donors (Lipinski definition) is 0. The molecule has 15 heavy (non-hydrogen) atoms. The van der Waals surface area contributed by atoms with Crippen molar-refractivity contribution in [3.8, 4) is 0 Å². The normalized spacial score (nSPS) is 19.7. The summed E-state index contributed by atoms with van der Waals surface area (Å²) < 4.78 is 0. The molecule has 0 radical (unpaired) electrons. The van der Waals surface area contributed by atoms with Gasteiger partial charge in [-0.25, -0.2) is 0 Å². The summed E-state index contributed by atoms with van der Waals surface area (Å²) in [5, 5.41) is 0. The summed E-state index contributed by atoms with van der Waals surface area (Å²) in [5.41, 5.74) is 1.24. The number of carbonyl (C=O) groups is 1. The molecule has 0 aromatic rings. The van der Waals surface area contributed by atoms with Crippen LogP contribution < -0.4 is 0 Å². The molecule has 0 spiro atoms. The molecule has 1 atom stereocenters. The lowest BCUT2D eigenvalue weighted by atomic mass is 9.94. The Hall–Kier alpha value is -0.890. The quantitative estimate of drug-likeness (QED) is 0.666. The van der Waals surface area contributed by atoms with Gasteiger partial charge in [-0.3, -0.25) is 4.79 Å². The van der Waals surface area contributed by atoms with Crippen molar-refractivity contribution >= 4 is 5.78 Å². The van der Waals surface area contributed by atoms with Gasteiger partial charge in [0.25, 0.3) is 0 Å². The first-order chi connectivity index (χ1) is 7.15. The number of rotatable bonds is 6. The summed E-state index contributed by atoms with van der Waals surface area (Å²) in [4.78, 5) is 14.0. The van der Waals surface area contributed by atoms with Crippen molar-refractivity contribution in [1.29, 1.82) is 0 Å². The predicted molar refractivity (Wildman–Crippen MR) is 63.8 cm³/mol. The van der Waals surface area contributed by atoms with Gasteiger partial charge >= 0.3 is 0 Å². The van der Waals surface area contributed by atoms with E-state index in [1.54, 1.807) is 0 Å². The summed E-state index contributed by atoms with van der Waals surface area (Å²) in [6.07, 6.45) is 8.93. The van der Waals surface area contributed by atoms with Crippen LogP contribution in [-0.2, 0) is 4.79 Å². The summed E-state index contributed by atoms with van der Waals surface area (Å²) in [5.74, 6) is 0.428. The van der Waals surface area contributed by atoms with Gasteiger partial charge in [0.1, 0.15) is 5.78 Å². The lowest BCUT2D eigenvalue weighted by Gasteiger charge is -2.16. The summed E-state index contributed by atoms with van der Waals surface area (Å²) in [6.45, 7) is 3.00. The first-order valence-corrected chi connectivity index (χ1v) is 5.70. The average molecular weight is 207 g/mol. The number of nitrogens with zero attached hydrogens (tertiary/aromatic N) is 1. The van der Waals surface area contributed by atoms with Crippen LogP contribution in [0.4, 0.5) is 0 Å². The Morgan fingerprint density at radius 2 is 2.20 bits per heavy atom. The van der Waals surface area contributed by atoms with Crippen LogP contribution in [-0.4, -0.2) is 31.3 Å². The average Bonchev–Trinajstić information content (AvgIpc) is 2.61. The summed E-state index contributed by atoms with van der Waals surface area (Å²) in [6, 6.07) is 0. The van der Waals surface area contributed by atoms with Crippen molar-refractivity contribution in [3.63, 3.8) is 0 Å². The second kappa shape index (κ2) is 5.86. The second-order valence-electron chi connectivity index (χ2n) is 4.41. The molecule has 0 saturated carbocycles. The zero-order valence-corrected chi connectivity index (χ0v) is 9.99. The van der Waals surface area contributed by atoms with E-state index in [2.05, 4.69) is 17.9 Å². The molecule has 84 valence electrons. The molecule has 0 N–H and O–H groups in total. The van der Waals surface area contributed by atoms with E-state index in [1.165, 1.54) is 5.57 Å². The molecule has 1 aliphatic rings. The molecule has 0 aromatic heterocycles. The first-order valence-electron chi connectivity index (χ1n) is 5.70. The van der Waals surface area contributed by atoms with Crippen molar-refractivity contribution in [2.24, 2.45) is 5.92 Å². The van der Waals surface area contributed by atoms with Crippen molar-refractivity contribution in [3.05, 3.63) is 23.8 Å². The highest BCUT2D eigenvalue weighted by molar-refractivity contribution is 5.86. The van der Waals surface area contributed by atoms with Crippen LogP contribution in [0.1, 0.15) is 26.2 Å². The molecule has 0 fully saturated rings. The fraction of sp³-hybridized carbons (Fsp3) is 0.615. The number of hydrogen-bond acceptors (Lipinski definition) is 2. The number of likely N-dealkylation sites (N-methyl/N-ethyl adjacent to an activating group) is 1. The molecule has 2 heteroatoms. The molecule has 0 amide bonds. The molecule has 1 aliphatic carbocycles. The van der Waals surface area contributed by atoms with Gasteiger partial charge in [0.2, 0.25) is 0 Å². The van der Waals surface area contributed by atoms with Crippen LogP contribution >= 0.6 is 0 Å². The number of carbonyl (C=O) groups excluding carboxylic acids is 1. The Bertz CT molecular complexity index is 276. The maximum absolute atomic E-state index is 11.9. The highest BCUT2D eigenvalue weighted by Gasteiger charge is 2.21. The SMILES string of the molecule is CCCCC(=O)C1C=CC=C1CN(C)C. The third-order valence-electron chi connectivity index (χ3n) is 2.64. The predicted octanol–water partition coefficient (Wildman–Crippen LogP) is 2.42. The highest BCUT2D eigenvalue weighted by Crippen LogP contribution is 2.22. The third kappa shape index (κ3) is 3.63. The molecule has 1 unspecified atom stereocenters. The van der Waals surface area contributed by atoms with Crippen molar-refractivity contribution in [1.82, 2.24) is 4.90 Å². The maximum Gasteiger partial charge on any atom is 0.143 e. The van der Waals surface area contributed by atoms with Gasteiger partial charge in [-0.2, -0.15) is 0 Å². The van der Waals surface area contributed by atoms with Crippen LogP contribution in [0.2, 0.25) is 0 Å². The summed E-state index contributed by atoms with van der Waals surface area (Å²) in [7, 11) is 4.07. The largest absolute Gasteiger partial charge is 0.305 e. The zero-order valence-electron chi connectivity index (χ0n) is 9.99. The van der Waals surface area contributed by atoms with Crippen LogP contribution in [0.3, 0.4) is 0 Å². The lowest BCUT2D eigenvalue weighted by Crippen LogP contribution is -2.22. The topological polar surface area (TPSA) is 20.3 Å². The Kier molecular flexibility index (Phi) is 4.76. The minimum atomic E-state index is 0.0546. The highest BCUT2D eigenvalue weighted by atomic mass is 16.1. The van der Waals surface area contributed by atoms with E-state index >= 15 is 0 Å². The van der Waals surface area contributed by atoms with E-state index in [0.29, 0.717) is 5.78 Å². The first kappa shape index (κ1) is 12.2. The smallest absolute Gasteiger partial charge is 0.143 e. The van der Waals surface area contributed by atoms with Crippen LogP contribution in [0.5, 0.6) is 0 Å². The Morgan fingerprint density at radius 1 is 1.47 bits per heavy atom. The number of allylic oxidation sites excluding steroid dienone is 3. The fourth-order valence-corrected chi connectivity index (χ4v) is 1.85. The van der Waals surface area contributed by atoms with Crippen LogP contribution in [0.25, 0.3) is 0 Å². The van der Waals surface area contributed by atoms with Crippen molar-refractivity contribution in [2.45, 2.75) is 26.2 Å². The monoisotopic (exact) mass is 207 g/mol. The molecule has 2 nitrogen and oxygen atoms in total. The van der Waals surface area contributed by atoms with Gasteiger partial charge in [-0.15, -0.1) is 0 Å². The molecule has 0 saturated heterocycles. The number of Topliss-reactive ketones (excluding diaryl/α,β-unsaturated/α-hetero) is 1. The molecule has 0 aromatic carbocycles. The van der Waals surface area contributed by atoms with Gasteiger partial charge in [-0.1, -0.05) is 31.6 Å². The third-order valence-corrected chi connectivity index (χ3v) is 2.64. The number of ketones is 1. The molecule has 1 rings (SSSR count). The lowest BCUT2D eigenvalue weighted by molar-refractivity contribution is -0.120. The molecule has 0 aliphatic heterocycles. The molecule has 0 heterocycles. The van der Waals surface area contributed by atoms with Crippen LogP contribution in [0.15, 0.2) is 23.8 Å². The van der Waals surface area contributed by atoms with E-state index < -0.39 is 0 Å². The Balaban J connectivity index is 2.50. The van der Waals surface area contributed by atoms with Gasteiger partial charge < -0.3 is 4.90 Å². The number of unbranched alkanes of at least 4 members (excludes halogenated alkanes) is 1. The Labute approximate surface area is 92.7 Å².